The van der Waals surface area contributed by atoms with E-state index < -0.39 is 0 Å². The number of fused-ring (bicyclic) bond motifs is 3. The first-order valence-electron chi connectivity index (χ1n) is 9.07. The summed E-state index contributed by atoms with van der Waals surface area (Å²) in [5, 5.41) is 1.61. The Balaban J connectivity index is 1.97. The molecule has 0 aliphatic heterocycles. The highest BCUT2D eigenvalue weighted by Gasteiger charge is 2.22. The number of nitrogens with zero attached hydrogens (tertiary/aromatic N) is 2. The zero-order chi connectivity index (χ0) is 18.1. The topological polar surface area (TPSA) is 44.1 Å². The second-order valence-corrected chi connectivity index (χ2v) is 8.73. The first-order valence-corrected chi connectivity index (χ1v) is 10.9. The van der Waals surface area contributed by atoms with E-state index in [2.05, 4.69) is 6.92 Å². The van der Waals surface area contributed by atoms with E-state index >= 15 is 0 Å². The third-order valence-electron chi connectivity index (χ3n) is 4.81. The van der Waals surface area contributed by atoms with Gasteiger partial charge in [0.25, 0.3) is 5.56 Å². The SMILES string of the molecule is CCSc1nc2sc3c(c2c(=O)n1-c1ccc(OC)cc1)CCCCC3. The van der Waals surface area contributed by atoms with Crippen LogP contribution in [0.15, 0.2) is 34.2 Å². The lowest BCUT2D eigenvalue weighted by Gasteiger charge is -2.12. The van der Waals surface area contributed by atoms with Gasteiger partial charge in [-0.1, -0.05) is 25.1 Å². The van der Waals surface area contributed by atoms with Crippen molar-refractivity contribution < 1.29 is 4.74 Å². The zero-order valence-corrected chi connectivity index (χ0v) is 16.7. The van der Waals surface area contributed by atoms with Gasteiger partial charge in [-0.25, -0.2) is 4.98 Å². The van der Waals surface area contributed by atoms with Crippen LogP contribution < -0.4 is 10.3 Å². The maximum Gasteiger partial charge on any atom is 0.267 e. The van der Waals surface area contributed by atoms with Crippen molar-refractivity contribution in [2.75, 3.05) is 12.9 Å². The van der Waals surface area contributed by atoms with Crippen molar-refractivity contribution in [1.82, 2.24) is 9.55 Å². The predicted molar refractivity (Wildman–Crippen MR) is 109 cm³/mol. The van der Waals surface area contributed by atoms with Gasteiger partial charge in [0.1, 0.15) is 10.6 Å². The molecule has 0 saturated carbocycles. The smallest absolute Gasteiger partial charge is 0.267 e. The number of rotatable bonds is 4. The molecule has 0 saturated heterocycles. The summed E-state index contributed by atoms with van der Waals surface area (Å²) >= 11 is 3.33. The van der Waals surface area contributed by atoms with Crippen LogP contribution in [0.3, 0.4) is 0 Å². The minimum Gasteiger partial charge on any atom is -0.497 e. The summed E-state index contributed by atoms with van der Waals surface area (Å²) < 4.78 is 7.02. The Labute approximate surface area is 161 Å². The molecule has 0 radical (unpaired) electrons. The summed E-state index contributed by atoms with van der Waals surface area (Å²) in [4.78, 5) is 20.7. The average molecular weight is 387 g/mol. The highest BCUT2D eigenvalue weighted by atomic mass is 32.2. The van der Waals surface area contributed by atoms with Crippen molar-refractivity contribution in [2.24, 2.45) is 0 Å². The fourth-order valence-electron chi connectivity index (χ4n) is 3.55. The highest BCUT2D eigenvalue weighted by molar-refractivity contribution is 7.99. The number of thioether (sulfide) groups is 1. The zero-order valence-electron chi connectivity index (χ0n) is 15.1. The molecule has 1 aliphatic rings. The minimum absolute atomic E-state index is 0.0653. The van der Waals surface area contributed by atoms with Crippen LogP contribution in [-0.4, -0.2) is 22.4 Å². The minimum atomic E-state index is 0.0653. The molecule has 2 heterocycles. The fourth-order valence-corrected chi connectivity index (χ4v) is 5.59. The highest BCUT2D eigenvalue weighted by Crippen LogP contribution is 2.34. The summed E-state index contributed by atoms with van der Waals surface area (Å²) in [6.45, 7) is 2.09. The maximum absolute atomic E-state index is 13.5. The largest absolute Gasteiger partial charge is 0.497 e. The van der Waals surface area contributed by atoms with E-state index in [1.165, 1.54) is 23.3 Å². The number of aromatic nitrogens is 2. The lowest BCUT2D eigenvalue weighted by Crippen LogP contribution is -2.22. The van der Waals surface area contributed by atoms with E-state index in [1.54, 1.807) is 34.8 Å². The maximum atomic E-state index is 13.5. The van der Waals surface area contributed by atoms with Gasteiger partial charge in [-0.15, -0.1) is 11.3 Å². The Morgan fingerprint density at radius 1 is 1.19 bits per heavy atom. The van der Waals surface area contributed by atoms with Gasteiger partial charge in [0.05, 0.1) is 18.2 Å². The Hall–Kier alpha value is -1.79. The summed E-state index contributed by atoms with van der Waals surface area (Å²) in [5.74, 6) is 1.66. The van der Waals surface area contributed by atoms with Crippen LogP contribution in [0.5, 0.6) is 5.75 Å². The molecule has 0 bridgehead atoms. The van der Waals surface area contributed by atoms with E-state index in [0.29, 0.717) is 0 Å². The molecule has 26 heavy (non-hydrogen) atoms. The Morgan fingerprint density at radius 2 is 1.96 bits per heavy atom. The summed E-state index contributed by atoms with van der Waals surface area (Å²) in [6, 6.07) is 7.64. The molecular weight excluding hydrogens is 364 g/mol. The molecule has 1 aliphatic carbocycles. The van der Waals surface area contributed by atoms with Crippen LogP contribution >= 0.6 is 23.1 Å². The average Bonchev–Trinajstić information content (AvgIpc) is 2.84. The molecule has 0 fully saturated rings. The number of hydrogen-bond acceptors (Lipinski definition) is 5. The quantitative estimate of drug-likeness (QED) is 0.366. The molecule has 0 spiro atoms. The number of benzene rings is 1. The second-order valence-electron chi connectivity index (χ2n) is 6.41. The number of hydrogen-bond donors (Lipinski definition) is 0. The second kappa shape index (κ2) is 7.45. The number of aryl methyl sites for hydroxylation is 2. The molecule has 0 amide bonds. The molecule has 0 unspecified atom stereocenters. The third-order valence-corrected chi connectivity index (χ3v) is 6.82. The van der Waals surface area contributed by atoms with Crippen LogP contribution in [-0.2, 0) is 12.8 Å². The van der Waals surface area contributed by atoms with E-state index in [4.69, 9.17) is 9.72 Å². The van der Waals surface area contributed by atoms with Gasteiger partial charge in [0.2, 0.25) is 0 Å². The Kier molecular flexibility index (Phi) is 5.05. The van der Waals surface area contributed by atoms with Crippen LogP contribution in [0.25, 0.3) is 15.9 Å². The van der Waals surface area contributed by atoms with Gasteiger partial charge in [-0.2, -0.15) is 0 Å². The molecule has 1 aromatic carbocycles. The number of thiophene rings is 1. The van der Waals surface area contributed by atoms with Gasteiger partial charge < -0.3 is 4.74 Å². The standard InChI is InChI=1S/C20H22N2O2S2/c1-3-25-20-21-18-17(15-7-5-4-6-8-16(15)26-18)19(23)22(20)13-9-11-14(24-2)12-10-13/h9-12H,3-8H2,1-2H3. The van der Waals surface area contributed by atoms with Crippen LogP contribution in [0, 0.1) is 0 Å². The van der Waals surface area contributed by atoms with Gasteiger partial charge in [-0.05, 0) is 61.3 Å². The molecular formula is C20H22N2O2S2. The number of methoxy groups -OCH3 is 1. The lowest BCUT2D eigenvalue weighted by atomic mass is 10.1. The van der Waals surface area contributed by atoms with Crippen molar-refractivity contribution in [3.8, 4) is 11.4 Å². The van der Waals surface area contributed by atoms with Gasteiger partial charge in [-0.3, -0.25) is 9.36 Å². The molecule has 2 aromatic heterocycles. The first kappa shape index (κ1) is 17.6. The van der Waals surface area contributed by atoms with Crippen molar-refractivity contribution in [3.05, 3.63) is 45.1 Å². The summed E-state index contributed by atoms with van der Waals surface area (Å²) in [7, 11) is 1.65. The Morgan fingerprint density at radius 3 is 2.69 bits per heavy atom. The van der Waals surface area contributed by atoms with Gasteiger partial charge in [0.15, 0.2) is 5.16 Å². The molecule has 4 rings (SSSR count). The normalized spacial score (nSPS) is 14.2. The van der Waals surface area contributed by atoms with E-state index in [9.17, 15) is 4.79 Å². The van der Waals surface area contributed by atoms with Gasteiger partial charge >= 0.3 is 0 Å². The predicted octanol–water partition coefficient (Wildman–Crippen LogP) is 4.84. The molecule has 4 nitrogen and oxygen atoms in total. The van der Waals surface area contributed by atoms with E-state index in [-0.39, 0.29) is 5.56 Å². The number of ether oxygens (including phenoxy) is 1. The van der Waals surface area contributed by atoms with Crippen molar-refractivity contribution >= 4 is 33.3 Å². The molecule has 0 N–H and O–H groups in total. The summed E-state index contributed by atoms with van der Waals surface area (Å²) in [6.07, 6.45) is 5.69. The lowest BCUT2D eigenvalue weighted by molar-refractivity contribution is 0.414. The van der Waals surface area contributed by atoms with Crippen molar-refractivity contribution in [1.29, 1.82) is 0 Å². The van der Waals surface area contributed by atoms with Crippen LogP contribution in [0.2, 0.25) is 0 Å². The summed E-state index contributed by atoms with van der Waals surface area (Å²) in [5.41, 5.74) is 2.15. The molecule has 3 aromatic rings. The van der Waals surface area contributed by atoms with Crippen LogP contribution in [0.4, 0.5) is 0 Å². The monoisotopic (exact) mass is 386 g/mol. The van der Waals surface area contributed by atoms with Gasteiger partial charge in [0, 0.05) is 4.88 Å². The molecule has 136 valence electrons. The van der Waals surface area contributed by atoms with Crippen molar-refractivity contribution in [2.45, 2.75) is 44.2 Å². The third kappa shape index (κ3) is 3.05. The molecule has 6 heteroatoms. The fraction of sp³-hybridized carbons (Fsp3) is 0.400. The van der Waals surface area contributed by atoms with E-state index in [0.717, 1.165) is 51.8 Å². The van der Waals surface area contributed by atoms with Crippen LogP contribution in [0.1, 0.15) is 36.6 Å². The first-order chi connectivity index (χ1) is 12.7. The molecule has 0 atom stereocenters. The van der Waals surface area contributed by atoms with Crippen molar-refractivity contribution in [3.63, 3.8) is 0 Å². The van der Waals surface area contributed by atoms with E-state index in [1.807, 2.05) is 24.3 Å². The Bertz CT molecular complexity index is 990.